The molecular formula is C12H13BrN2. The third-order valence-electron chi connectivity index (χ3n) is 3.11. The van der Waals surface area contributed by atoms with Crippen molar-refractivity contribution in [1.29, 1.82) is 5.26 Å². The fourth-order valence-corrected chi connectivity index (χ4v) is 2.47. The van der Waals surface area contributed by atoms with Crippen molar-refractivity contribution in [3.63, 3.8) is 0 Å². The predicted octanol–water partition coefficient (Wildman–Crippen LogP) is 3.47. The Labute approximate surface area is 98.5 Å². The van der Waals surface area contributed by atoms with Crippen molar-refractivity contribution in [3.8, 4) is 6.07 Å². The van der Waals surface area contributed by atoms with Gasteiger partial charge in [0.25, 0.3) is 0 Å². The summed E-state index contributed by atoms with van der Waals surface area (Å²) in [7, 11) is 0. The molecule has 1 aromatic heterocycles. The Balaban J connectivity index is 2.14. The van der Waals surface area contributed by atoms with Crippen LogP contribution in [-0.2, 0) is 6.42 Å². The van der Waals surface area contributed by atoms with Crippen molar-refractivity contribution < 1.29 is 0 Å². The van der Waals surface area contributed by atoms with Crippen LogP contribution in [0.1, 0.15) is 31.4 Å². The fraction of sp³-hybridized carbons (Fsp3) is 0.500. The molecule has 0 aliphatic heterocycles. The van der Waals surface area contributed by atoms with E-state index < -0.39 is 0 Å². The standard InChI is InChI=1S/C12H13BrN2/c13-10-3-4-11(15-8-10)7-12(9-14)5-1-2-6-12/h3-4,8H,1-2,5-7H2. The highest BCUT2D eigenvalue weighted by Gasteiger charge is 2.34. The van der Waals surface area contributed by atoms with Gasteiger partial charge < -0.3 is 0 Å². The Kier molecular flexibility index (Phi) is 3.06. The number of aromatic nitrogens is 1. The van der Waals surface area contributed by atoms with Crippen LogP contribution in [-0.4, -0.2) is 4.98 Å². The van der Waals surface area contributed by atoms with E-state index in [0.29, 0.717) is 0 Å². The van der Waals surface area contributed by atoms with Gasteiger partial charge in [0.2, 0.25) is 0 Å². The predicted molar refractivity (Wildman–Crippen MR) is 62.2 cm³/mol. The van der Waals surface area contributed by atoms with Crippen molar-refractivity contribution in [1.82, 2.24) is 4.98 Å². The molecule has 15 heavy (non-hydrogen) atoms. The molecular weight excluding hydrogens is 252 g/mol. The molecule has 2 rings (SSSR count). The molecule has 1 aromatic rings. The van der Waals surface area contributed by atoms with Gasteiger partial charge in [-0.15, -0.1) is 0 Å². The maximum Gasteiger partial charge on any atom is 0.0693 e. The van der Waals surface area contributed by atoms with Crippen LogP contribution in [0.4, 0.5) is 0 Å². The van der Waals surface area contributed by atoms with Crippen LogP contribution in [0, 0.1) is 16.7 Å². The van der Waals surface area contributed by atoms with E-state index in [9.17, 15) is 5.26 Å². The van der Waals surface area contributed by atoms with E-state index in [4.69, 9.17) is 0 Å². The van der Waals surface area contributed by atoms with Gasteiger partial charge >= 0.3 is 0 Å². The Morgan fingerprint density at radius 3 is 2.67 bits per heavy atom. The quantitative estimate of drug-likeness (QED) is 0.820. The summed E-state index contributed by atoms with van der Waals surface area (Å²) in [4.78, 5) is 4.34. The first-order valence-electron chi connectivity index (χ1n) is 5.26. The van der Waals surface area contributed by atoms with Crippen molar-refractivity contribution in [2.45, 2.75) is 32.1 Å². The lowest BCUT2D eigenvalue weighted by atomic mass is 9.83. The number of halogens is 1. The minimum Gasteiger partial charge on any atom is -0.260 e. The highest BCUT2D eigenvalue weighted by Crippen LogP contribution is 2.39. The number of rotatable bonds is 2. The Morgan fingerprint density at radius 1 is 1.40 bits per heavy atom. The summed E-state index contributed by atoms with van der Waals surface area (Å²) in [6, 6.07) is 6.48. The van der Waals surface area contributed by atoms with Crippen molar-refractivity contribution in [3.05, 3.63) is 28.5 Å². The first-order chi connectivity index (χ1) is 7.24. The van der Waals surface area contributed by atoms with Gasteiger partial charge in [0.05, 0.1) is 11.5 Å². The zero-order chi connectivity index (χ0) is 10.7. The van der Waals surface area contributed by atoms with Gasteiger partial charge in [0.15, 0.2) is 0 Å². The third kappa shape index (κ3) is 2.38. The van der Waals surface area contributed by atoms with Gasteiger partial charge in [0.1, 0.15) is 0 Å². The highest BCUT2D eigenvalue weighted by molar-refractivity contribution is 9.10. The molecule has 0 unspecified atom stereocenters. The summed E-state index contributed by atoms with van der Waals surface area (Å²) in [5.41, 5.74) is 0.891. The summed E-state index contributed by atoms with van der Waals surface area (Å²) >= 11 is 3.36. The maximum atomic E-state index is 9.25. The molecule has 1 aliphatic carbocycles. The second-order valence-corrected chi connectivity index (χ2v) is 5.16. The van der Waals surface area contributed by atoms with Crippen LogP contribution in [0.25, 0.3) is 0 Å². The molecule has 0 saturated heterocycles. The molecule has 0 bridgehead atoms. The van der Waals surface area contributed by atoms with Crippen LogP contribution in [0.2, 0.25) is 0 Å². The first kappa shape index (κ1) is 10.6. The topological polar surface area (TPSA) is 36.7 Å². The Bertz CT molecular complexity index is 372. The SMILES string of the molecule is N#CC1(Cc2ccc(Br)cn2)CCCC1. The molecule has 0 atom stereocenters. The second-order valence-electron chi connectivity index (χ2n) is 4.24. The molecule has 78 valence electrons. The van der Waals surface area contributed by atoms with Gasteiger partial charge in [-0.2, -0.15) is 5.26 Å². The molecule has 0 amide bonds. The van der Waals surface area contributed by atoms with E-state index in [1.165, 1.54) is 12.8 Å². The minimum absolute atomic E-state index is 0.138. The normalized spacial score (nSPS) is 18.7. The van der Waals surface area contributed by atoms with Gasteiger partial charge in [-0.25, -0.2) is 0 Å². The average Bonchev–Trinajstić information content (AvgIpc) is 2.71. The van der Waals surface area contributed by atoms with E-state index in [1.807, 2.05) is 12.1 Å². The molecule has 1 fully saturated rings. The fourth-order valence-electron chi connectivity index (χ4n) is 2.24. The monoisotopic (exact) mass is 264 g/mol. The van der Waals surface area contributed by atoms with E-state index >= 15 is 0 Å². The molecule has 0 aromatic carbocycles. The zero-order valence-corrected chi connectivity index (χ0v) is 10.1. The summed E-state index contributed by atoms with van der Waals surface area (Å²) in [5, 5.41) is 9.25. The smallest absolute Gasteiger partial charge is 0.0693 e. The Hall–Kier alpha value is -0.880. The summed E-state index contributed by atoms with van der Waals surface area (Å²) in [5.74, 6) is 0. The molecule has 1 aliphatic rings. The summed E-state index contributed by atoms with van der Waals surface area (Å²) in [6.45, 7) is 0. The van der Waals surface area contributed by atoms with Gasteiger partial charge in [0, 0.05) is 22.8 Å². The van der Waals surface area contributed by atoms with Crippen molar-refractivity contribution in [2.75, 3.05) is 0 Å². The maximum absolute atomic E-state index is 9.25. The van der Waals surface area contributed by atoms with Crippen LogP contribution < -0.4 is 0 Å². The Morgan fingerprint density at radius 2 is 2.13 bits per heavy atom. The largest absolute Gasteiger partial charge is 0.260 e. The molecule has 1 heterocycles. The van der Waals surface area contributed by atoms with Gasteiger partial charge in [-0.1, -0.05) is 12.8 Å². The molecule has 0 N–H and O–H groups in total. The number of hydrogen-bond acceptors (Lipinski definition) is 2. The number of nitriles is 1. The van der Waals surface area contributed by atoms with Crippen molar-refractivity contribution >= 4 is 15.9 Å². The number of hydrogen-bond donors (Lipinski definition) is 0. The number of pyridine rings is 1. The number of nitrogens with zero attached hydrogens (tertiary/aromatic N) is 2. The van der Waals surface area contributed by atoms with Crippen LogP contribution in [0.3, 0.4) is 0 Å². The van der Waals surface area contributed by atoms with Crippen LogP contribution >= 0.6 is 15.9 Å². The lowest BCUT2D eigenvalue weighted by Crippen LogP contribution is -2.17. The molecule has 1 saturated carbocycles. The van der Waals surface area contributed by atoms with Crippen LogP contribution in [0.5, 0.6) is 0 Å². The molecule has 0 radical (unpaired) electrons. The summed E-state index contributed by atoms with van der Waals surface area (Å²) in [6.07, 6.45) is 7.03. The lowest BCUT2D eigenvalue weighted by molar-refractivity contribution is 0.403. The van der Waals surface area contributed by atoms with E-state index in [-0.39, 0.29) is 5.41 Å². The average molecular weight is 265 g/mol. The molecule has 0 spiro atoms. The molecule has 3 heteroatoms. The second kappa shape index (κ2) is 4.32. The minimum atomic E-state index is -0.138. The third-order valence-corrected chi connectivity index (χ3v) is 3.58. The zero-order valence-electron chi connectivity index (χ0n) is 8.54. The van der Waals surface area contributed by atoms with E-state index in [2.05, 4.69) is 27.0 Å². The first-order valence-corrected chi connectivity index (χ1v) is 6.05. The molecule has 2 nitrogen and oxygen atoms in total. The van der Waals surface area contributed by atoms with E-state index in [1.54, 1.807) is 6.20 Å². The van der Waals surface area contributed by atoms with Crippen molar-refractivity contribution in [2.24, 2.45) is 5.41 Å². The van der Waals surface area contributed by atoms with Crippen LogP contribution in [0.15, 0.2) is 22.8 Å². The summed E-state index contributed by atoms with van der Waals surface area (Å²) < 4.78 is 0.990. The highest BCUT2D eigenvalue weighted by atomic mass is 79.9. The lowest BCUT2D eigenvalue weighted by Gasteiger charge is -2.19. The van der Waals surface area contributed by atoms with Gasteiger partial charge in [-0.05, 0) is 40.9 Å². The van der Waals surface area contributed by atoms with E-state index in [0.717, 1.165) is 29.4 Å². The van der Waals surface area contributed by atoms with Gasteiger partial charge in [-0.3, -0.25) is 4.98 Å².